The molecule has 0 bridgehead atoms. The molecule has 2 aromatic heterocycles. The SMILES string of the molecule is OC(c1c(C2CC2)ccc2cncn12)C1CCC(c2cccc(F)c2)CC1. The largest absolute Gasteiger partial charge is 0.387 e. The van der Waals surface area contributed by atoms with Crippen LogP contribution in [0.25, 0.3) is 5.52 Å². The molecule has 5 rings (SSSR count). The summed E-state index contributed by atoms with van der Waals surface area (Å²) >= 11 is 0. The minimum Gasteiger partial charge on any atom is -0.387 e. The topological polar surface area (TPSA) is 37.5 Å². The summed E-state index contributed by atoms with van der Waals surface area (Å²) in [7, 11) is 0. The van der Waals surface area contributed by atoms with Crippen molar-refractivity contribution in [3.8, 4) is 0 Å². The minimum absolute atomic E-state index is 0.157. The highest BCUT2D eigenvalue weighted by Crippen LogP contribution is 2.47. The lowest BCUT2D eigenvalue weighted by Gasteiger charge is -2.33. The van der Waals surface area contributed by atoms with E-state index in [9.17, 15) is 9.50 Å². The first kappa shape index (κ1) is 16.9. The van der Waals surface area contributed by atoms with E-state index in [0.29, 0.717) is 11.8 Å². The van der Waals surface area contributed by atoms with Gasteiger partial charge in [-0.05, 0) is 85.6 Å². The molecule has 2 heterocycles. The third-order valence-corrected chi connectivity index (χ3v) is 6.49. The predicted molar refractivity (Wildman–Crippen MR) is 103 cm³/mol. The zero-order chi connectivity index (χ0) is 18.4. The van der Waals surface area contributed by atoms with Crippen molar-refractivity contribution in [2.24, 2.45) is 5.92 Å². The lowest BCUT2D eigenvalue weighted by molar-refractivity contribution is 0.0754. The zero-order valence-electron chi connectivity index (χ0n) is 15.4. The van der Waals surface area contributed by atoms with Crippen molar-refractivity contribution in [3.63, 3.8) is 0 Å². The summed E-state index contributed by atoms with van der Waals surface area (Å²) in [4.78, 5) is 4.29. The van der Waals surface area contributed by atoms with Crippen LogP contribution in [0.1, 0.15) is 73.3 Å². The van der Waals surface area contributed by atoms with Crippen molar-refractivity contribution >= 4 is 5.52 Å². The van der Waals surface area contributed by atoms with Gasteiger partial charge in [-0.25, -0.2) is 9.37 Å². The number of hydrogen-bond donors (Lipinski definition) is 1. The molecule has 27 heavy (non-hydrogen) atoms. The first-order valence-corrected chi connectivity index (χ1v) is 10.1. The van der Waals surface area contributed by atoms with Crippen LogP contribution in [0.4, 0.5) is 4.39 Å². The van der Waals surface area contributed by atoms with Gasteiger partial charge in [-0.2, -0.15) is 0 Å². The van der Waals surface area contributed by atoms with Crippen molar-refractivity contribution < 1.29 is 9.50 Å². The van der Waals surface area contributed by atoms with Gasteiger partial charge in [-0.3, -0.25) is 0 Å². The number of aliphatic hydroxyl groups excluding tert-OH is 1. The molecule has 0 amide bonds. The highest BCUT2D eigenvalue weighted by molar-refractivity contribution is 5.50. The van der Waals surface area contributed by atoms with E-state index in [2.05, 4.69) is 21.5 Å². The molecule has 2 saturated carbocycles. The average molecular weight is 364 g/mol. The first-order chi connectivity index (χ1) is 13.2. The Kier molecular flexibility index (Phi) is 4.24. The summed E-state index contributed by atoms with van der Waals surface area (Å²) in [6, 6.07) is 11.3. The molecule has 0 radical (unpaired) electrons. The molecule has 2 aliphatic carbocycles. The van der Waals surface area contributed by atoms with Crippen LogP contribution >= 0.6 is 0 Å². The second-order valence-electron chi connectivity index (χ2n) is 8.25. The molecule has 0 spiro atoms. The molecular formula is C23H25FN2O. The van der Waals surface area contributed by atoms with Crippen LogP contribution in [0.15, 0.2) is 48.9 Å². The Morgan fingerprint density at radius 2 is 1.78 bits per heavy atom. The van der Waals surface area contributed by atoms with E-state index >= 15 is 0 Å². The predicted octanol–water partition coefficient (Wildman–Crippen LogP) is 5.36. The first-order valence-electron chi connectivity index (χ1n) is 10.1. The molecule has 2 aliphatic rings. The quantitative estimate of drug-likeness (QED) is 0.677. The summed E-state index contributed by atoms with van der Waals surface area (Å²) in [5.74, 6) is 1.08. The molecule has 4 heteroatoms. The number of aromatic nitrogens is 2. The van der Waals surface area contributed by atoms with E-state index in [1.165, 1.54) is 24.5 Å². The number of nitrogens with zero attached hydrogens (tertiary/aromatic N) is 2. The maximum atomic E-state index is 13.5. The van der Waals surface area contributed by atoms with Gasteiger partial charge in [0.25, 0.3) is 0 Å². The fourth-order valence-electron chi connectivity index (χ4n) is 4.83. The van der Waals surface area contributed by atoms with Gasteiger partial charge in [-0.15, -0.1) is 0 Å². The normalized spacial score (nSPS) is 24.2. The second kappa shape index (κ2) is 6.75. The van der Waals surface area contributed by atoms with Crippen LogP contribution in [0.3, 0.4) is 0 Å². The molecule has 2 fully saturated rings. The van der Waals surface area contributed by atoms with Gasteiger partial charge in [0, 0.05) is 0 Å². The Morgan fingerprint density at radius 3 is 2.52 bits per heavy atom. The number of pyridine rings is 1. The average Bonchev–Trinajstić information content (AvgIpc) is 3.43. The highest BCUT2D eigenvalue weighted by atomic mass is 19.1. The molecule has 1 unspecified atom stereocenters. The van der Waals surface area contributed by atoms with Crippen molar-refractivity contribution in [1.29, 1.82) is 0 Å². The molecule has 1 aromatic carbocycles. The summed E-state index contributed by atoms with van der Waals surface area (Å²) in [5.41, 5.74) is 4.47. The number of hydrogen-bond acceptors (Lipinski definition) is 2. The van der Waals surface area contributed by atoms with E-state index in [-0.39, 0.29) is 11.7 Å². The van der Waals surface area contributed by atoms with E-state index in [1.54, 1.807) is 12.1 Å². The third kappa shape index (κ3) is 3.16. The summed E-state index contributed by atoms with van der Waals surface area (Å²) < 4.78 is 15.6. The van der Waals surface area contributed by atoms with E-state index in [1.807, 2.05) is 18.6 Å². The van der Waals surface area contributed by atoms with Crippen molar-refractivity contribution in [1.82, 2.24) is 9.38 Å². The van der Waals surface area contributed by atoms with Gasteiger partial charge < -0.3 is 9.51 Å². The van der Waals surface area contributed by atoms with Gasteiger partial charge in [0.05, 0.1) is 29.8 Å². The molecule has 140 valence electrons. The lowest BCUT2D eigenvalue weighted by atomic mass is 9.75. The standard InChI is InChI=1S/C23H25FN2O/c24-19-3-1-2-18(12-19)15-4-8-17(9-5-15)23(27)22-21(16-6-7-16)11-10-20-13-25-14-26(20)22/h1-3,10-17,23,27H,4-9H2. The second-order valence-corrected chi connectivity index (χ2v) is 8.25. The molecule has 3 nitrogen and oxygen atoms in total. The summed E-state index contributed by atoms with van der Waals surface area (Å²) in [6.45, 7) is 0. The Bertz CT molecular complexity index is 954. The fourth-order valence-corrected chi connectivity index (χ4v) is 4.83. The Hall–Kier alpha value is -2.20. The molecule has 3 aromatic rings. The van der Waals surface area contributed by atoms with Gasteiger partial charge in [0.1, 0.15) is 5.82 Å². The maximum absolute atomic E-state index is 13.5. The van der Waals surface area contributed by atoms with Gasteiger partial charge >= 0.3 is 0 Å². The van der Waals surface area contributed by atoms with Gasteiger partial charge in [0.15, 0.2) is 0 Å². The smallest absolute Gasteiger partial charge is 0.123 e. The van der Waals surface area contributed by atoms with Crippen LogP contribution in [0, 0.1) is 11.7 Å². The van der Waals surface area contributed by atoms with E-state index in [0.717, 1.165) is 42.5 Å². The van der Waals surface area contributed by atoms with Gasteiger partial charge in [0.2, 0.25) is 0 Å². The Morgan fingerprint density at radius 1 is 1.00 bits per heavy atom. The number of halogens is 1. The number of aliphatic hydroxyl groups is 1. The Balaban J connectivity index is 1.38. The van der Waals surface area contributed by atoms with E-state index in [4.69, 9.17) is 0 Å². The van der Waals surface area contributed by atoms with Gasteiger partial charge in [-0.1, -0.05) is 18.2 Å². The number of rotatable bonds is 4. The molecule has 1 atom stereocenters. The molecule has 1 N–H and O–H groups in total. The van der Waals surface area contributed by atoms with Crippen LogP contribution in [-0.4, -0.2) is 14.5 Å². The molecule has 0 saturated heterocycles. The van der Waals surface area contributed by atoms with Crippen LogP contribution in [0.2, 0.25) is 0 Å². The third-order valence-electron chi connectivity index (χ3n) is 6.49. The maximum Gasteiger partial charge on any atom is 0.123 e. The monoisotopic (exact) mass is 364 g/mol. The fraction of sp³-hybridized carbons (Fsp3) is 0.435. The summed E-state index contributed by atoms with van der Waals surface area (Å²) in [5, 5.41) is 11.3. The summed E-state index contributed by atoms with van der Waals surface area (Å²) in [6.07, 6.45) is 9.60. The number of fused-ring (bicyclic) bond motifs is 1. The van der Waals surface area contributed by atoms with E-state index < -0.39 is 6.10 Å². The van der Waals surface area contributed by atoms with Crippen molar-refractivity contribution in [3.05, 3.63) is 71.6 Å². The number of benzene rings is 1. The lowest BCUT2D eigenvalue weighted by Crippen LogP contribution is -2.22. The van der Waals surface area contributed by atoms with Crippen molar-refractivity contribution in [2.45, 2.75) is 56.5 Å². The number of imidazole rings is 1. The van der Waals surface area contributed by atoms with Crippen LogP contribution in [0.5, 0.6) is 0 Å². The molecule has 0 aliphatic heterocycles. The van der Waals surface area contributed by atoms with Crippen LogP contribution < -0.4 is 0 Å². The minimum atomic E-state index is -0.466. The highest BCUT2D eigenvalue weighted by Gasteiger charge is 2.34. The molecular weight excluding hydrogens is 339 g/mol. The van der Waals surface area contributed by atoms with Crippen LogP contribution in [-0.2, 0) is 0 Å². The zero-order valence-corrected chi connectivity index (χ0v) is 15.4. The Labute approximate surface area is 158 Å². The van der Waals surface area contributed by atoms with Crippen molar-refractivity contribution in [2.75, 3.05) is 0 Å².